The summed E-state index contributed by atoms with van der Waals surface area (Å²) in [4.78, 5) is 12.7. The fraction of sp³-hybridized carbons (Fsp3) is 0.833. The summed E-state index contributed by atoms with van der Waals surface area (Å²) in [6.07, 6.45) is -0.147. The second-order valence-electron chi connectivity index (χ2n) is 2.63. The van der Waals surface area contributed by atoms with Crippen LogP contribution in [0.25, 0.3) is 0 Å². The highest BCUT2D eigenvalue weighted by molar-refractivity contribution is 5.70. The zero-order chi connectivity index (χ0) is 6.97. The maximum atomic E-state index is 10.9. The minimum absolute atomic E-state index is 0.147. The van der Waals surface area contributed by atoms with Gasteiger partial charge in [0, 0.05) is 19.6 Å². The average molecular weight is 142 g/mol. The number of nitrogens with zero attached hydrogens (tertiary/aromatic N) is 1. The maximum Gasteiger partial charge on any atom is 0.410 e. The highest BCUT2D eigenvalue weighted by Crippen LogP contribution is 2.12. The van der Waals surface area contributed by atoms with E-state index < -0.39 is 0 Å². The first-order valence-corrected chi connectivity index (χ1v) is 3.52. The molecule has 0 aromatic rings. The molecule has 2 fully saturated rings. The van der Waals surface area contributed by atoms with Gasteiger partial charge in [0.25, 0.3) is 0 Å². The first-order valence-electron chi connectivity index (χ1n) is 3.52. The van der Waals surface area contributed by atoms with E-state index in [4.69, 9.17) is 4.74 Å². The molecule has 2 rings (SSSR count). The van der Waals surface area contributed by atoms with Crippen molar-refractivity contribution in [1.29, 1.82) is 0 Å². The van der Waals surface area contributed by atoms with E-state index in [9.17, 15) is 4.79 Å². The second kappa shape index (κ2) is 2.12. The number of hydrogen-bond acceptors (Lipinski definition) is 3. The van der Waals surface area contributed by atoms with Crippen LogP contribution < -0.4 is 5.32 Å². The number of nitrogens with one attached hydrogen (secondary N) is 1. The Hall–Kier alpha value is -0.770. The lowest BCUT2D eigenvalue weighted by Crippen LogP contribution is -2.49. The fourth-order valence-electron chi connectivity index (χ4n) is 1.40. The predicted molar refractivity (Wildman–Crippen MR) is 34.7 cm³/mol. The lowest BCUT2D eigenvalue weighted by Gasteiger charge is -2.26. The van der Waals surface area contributed by atoms with Crippen molar-refractivity contribution in [2.24, 2.45) is 0 Å². The van der Waals surface area contributed by atoms with Crippen LogP contribution >= 0.6 is 0 Å². The fourth-order valence-corrected chi connectivity index (χ4v) is 1.40. The SMILES string of the molecule is O=C1OC[C@@H]2CNCCN12. The lowest BCUT2D eigenvalue weighted by molar-refractivity contribution is 0.155. The minimum atomic E-state index is -0.147. The molecule has 4 heteroatoms. The molecular weight excluding hydrogens is 132 g/mol. The van der Waals surface area contributed by atoms with Crippen LogP contribution in [-0.2, 0) is 4.74 Å². The van der Waals surface area contributed by atoms with Crippen LogP contribution in [0, 0.1) is 0 Å². The Morgan fingerprint density at radius 1 is 1.70 bits per heavy atom. The molecule has 1 atom stereocenters. The molecule has 2 heterocycles. The van der Waals surface area contributed by atoms with Gasteiger partial charge in [-0.1, -0.05) is 0 Å². The van der Waals surface area contributed by atoms with Crippen LogP contribution in [0.1, 0.15) is 0 Å². The van der Waals surface area contributed by atoms with Gasteiger partial charge in [0.15, 0.2) is 0 Å². The number of carbonyl (C=O) groups excluding carboxylic acids is 1. The molecule has 4 nitrogen and oxygen atoms in total. The quantitative estimate of drug-likeness (QED) is 0.491. The predicted octanol–water partition coefficient (Wildman–Crippen LogP) is -0.590. The minimum Gasteiger partial charge on any atom is -0.447 e. The standard InChI is InChI=1S/C6H10N2O2/c9-6-8-2-1-7-3-5(8)4-10-6/h5,7H,1-4H2/t5-/m0/s1. The molecule has 10 heavy (non-hydrogen) atoms. The van der Waals surface area contributed by atoms with Gasteiger partial charge in [-0.05, 0) is 0 Å². The molecule has 56 valence electrons. The molecule has 0 radical (unpaired) electrons. The summed E-state index contributed by atoms with van der Waals surface area (Å²) in [5.41, 5.74) is 0. The average Bonchev–Trinajstić information content (AvgIpc) is 2.34. The summed E-state index contributed by atoms with van der Waals surface area (Å²) < 4.78 is 4.85. The van der Waals surface area contributed by atoms with Gasteiger partial charge in [0.05, 0.1) is 6.04 Å². The monoisotopic (exact) mass is 142 g/mol. The van der Waals surface area contributed by atoms with Crippen LogP contribution in [0.5, 0.6) is 0 Å². The maximum absolute atomic E-state index is 10.9. The molecule has 2 saturated heterocycles. The number of carbonyl (C=O) groups is 1. The Kier molecular flexibility index (Phi) is 1.27. The van der Waals surface area contributed by atoms with Crippen LogP contribution in [0.4, 0.5) is 4.79 Å². The third kappa shape index (κ3) is 0.759. The summed E-state index contributed by atoms with van der Waals surface area (Å²) in [5.74, 6) is 0. The Balaban J connectivity index is 2.08. The van der Waals surface area contributed by atoms with Crippen LogP contribution in [-0.4, -0.2) is 43.3 Å². The Labute approximate surface area is 59.1 Å². The Morgan fingerprint density at radius 3 is 3.40 bits per heavy atom. The van der Waals surface area contributed by atoms with E-state index in [0.29, 0.717) is 12.6 Å². The largest absolute Gasteiger partial charge is 0.447 e. The number of cyclic esters (lactones) is 1. The zero-order valence-corrected chi connectivity index (χ0v) is 5.67. The number of fused-ring (bicyclic) bond motifs is 1. The summed E-state index contributed by atoms with van der Waals surface area (Å²) >= 11 is 0. The van der Waals surface area contributed by atoms with E-state index in [1.54, 1.807) is 4.90 Å². The van der Waals surface area contributed by atoms with E-state index in [1.165, 1.54) is 0 Å². The first kappa shape index (κ1) is 5.97. The van der Waals surface area contributed by atoms with Crippen LogP contribution in [0.3, 0.4) is 0 Å². The molecule has 2 aliphatic rings. The van der Waals surface area contributed by atoms with Gasteiger partial charge in [-0.25, -0.2) is 4.79 Å². The van der Waals surface area contributed by atoms with Crippen molar-refractivity contribution in [2.45, 2.75) is 6.04 Å². The smallest absolute Gasteiger partial charge is 0.410 e. The number of ether oxygens (including phenoxy) is 1. The first-order chi connectivity index (χ1) is 4.88. The van der Waals surface area contributed by atoms with Gasteiger partial charge in [-0.3, -0.25) is 4.90 Å². The van der Waals surface area contributed by atoms with Gasteiger partial charge < -0.3 is 10.1 Å². The molecule has 0 saturated carbocycles. The summed E-state index contributed by atoms with van der Waals surface area (Å²) in [6.45, 7) is 3.13. The van der Waals surface area contributed by atoms with Crippen molar-refractivity contribution in [3.63, 3.8) is 0 Å². The summed E-state index contributed by atoms with van der Waals surface area (Å²) in [5, 5.41) is 3.20. The van der Waals surface area contributed by atoms with Gasteiger partial charge in [-0.15, -0.1) is 0 Å². The van der Waals surface area contributed by atoms with Gasteiger partial charge in [0.2, 0.25) is 0 Å². The molecule has 0 unspecified atom stereocenters. The van der Waals surface area contributed by atoms with Crippen LogP contribution in [0.15, 0.2) is 0 Å². The molecule has 1 N–H and O–H groups in total. The third-order valence-corrected chi connectivity index (χ3v) is 1.98. The van der Waals surface area contributed by atoms with E-state index in [2.05, 4.69) is 5.32 Å². The summed E-state index contributed by atoms with van der Waals surface area (Å²) in [7, 11) is 0. The molecule has 0 aromatic heterocycles. The van der Waals surface area contributed by atoms with E-state index in [-0.39, 0.29) is 6.09 Å². The molecule has 1 amide bonds. The van der Waals surface area contributed by atoms with Crippen molar-refractivity contribution in [1.82, 2.24) is 10.2 Å². The number of amides is 1. The van der Waals surface area contributed by atoms with Crippen molar-refractivity contribution in [3.05, 3.63) is 0 Å². The Bertz CT molecular complexity index is 160. The van der Waals surface area contributed by atoms with Crippen molar-refractivity contribution < 1.29 is 9.53 Å². The highest BCUT2D eigenvalue weighted by atomic mass is 16.6. The van der Waals surface area contributed by atoms with Gasteiger partial charge in [0.1, 0.15) is 6.61 Å². The van der Waals surface area contributed by atoms with Crippen molar-refractivity contribution >= 4 is 6.09 Å². The Morgan fingerprint density at radius 2 is 2.60 bits per heavy atom. The molecule has 0 spiro atoms. The number of piperazine rings is 1. The van der Waals surface area contributed by atoms with Gasteiger partial charge in [-0.2, -0.15) is 0 Å². The molecular formula is C6H10N2O2. The number of rotatable bonds is 0. The highest BCUT2D eigenvalue weighted by Gasteiger charge is 2.34. The van der Waals surface area contributed by atoms with E-state index >= 15 is 0 Å². The normalized spacial score (nSPS) is 31.8. The third-order valence-electron chi connectivity index (χ3n) is 1.98. The summed E-state index contributed by atoms with van der Waals surface area (Å²) in [6, 6.07) is 0.293. The molecule has 0 bridgehead atoms. The van der Waals surface area contributed by atoms with Crippen molar-refractivity contribution in [2.75, 3.05) is 26.2 Å². The zero-order valence-electron chi connectivity index (χ0n) is 5.67. The van der Waals surface area contributed by atoms with Crippen molar-refractivity contribution in [3.8, 4) is 0 Å². The number of hydrogen-bond donors (Lipinski definition) is 1. The second-order valence-corrected chi connectivity index (χ2v) is 2.63. The molecule has 0 aliphatic carbocycles. The van der Waals surface area contributed by atoms with Gasteiger partial charge >= 0.3 is 6.09 Å². The molecule has 0 aromatic carbocycles. The topological polar surface area (TPSA) is 41.6 Å². The lowest BCUT2D eigenvalue weighted by atomic mass is 10.2. The van der Waals surface area contributed by atoms with E-state index in [0.717, 1.165) is 19.6 Å². The van der Waals surface area contributed by atoms with E-state index in [1.807, 2.05) is 0 Å². The van der Waals surface area contributed by atoms with Crippen LogP contribution in [0.2, 0.25) is 0 Å². The molecule has 2 aliphatic heterocycles.